The Kier molecular flexibility index (Phi) is 3.58. The maximum absolute atomic E-state index is 12.5. The molecule has 0 saturated heterocycles. The van der Waals surface area contributed by atoms with Gasteiger partial charge in [-0.25, -0.2) is 4.98 Å². The lowest BCUT2D eigenvalue weighted by Crippen LogP contribution is -2.07. The quantitative estimate of drug-likeness (QED) is 0.839. The predicted octanol–water partition coefficient (Wildman–Crippen LogP) is 3.51. The number of halogens is 3. The summed E-state index contributed by atoms with van der Waals surface area (Å²) in [5, 5.41) is 0.589. The van der Waals surface area contributed by atoms with Gasteiger partial charge in [0.2, 0.25) is 0 Å². The van der Waals surface area contributed by atoms with E-state index in [0.717, 1.165) is 4.57 Å². The van der Waals surface area contributed by atoms with Crippen LogP contribution >= 0.6 is 11.6 Å². The Morgan fingerprint density at radius 1 is 1.29 bits per heavy atom. The summed E-state index contributed by atoms with van der Waals surface area (Å²) in [6, 6.07) is 6.66. The minimum atomic E-state index is -2.61. The number of rotatable bonds is 4. The van der Waals surface area contributed by atoms with E-state index in [9.17, 15) is 8.78 Å². The highest BCUT2D eigenvalue weighted by molar-refractivity contribution is 6.30. The van der Waals surface area contributed by atoms with E-state index in [4.69, 9.17) is 16.3 Å². The highest BCUT2D eigenvalue weighted by Gasteiger charge is 2.11. The summed E-state index contributed by atoms with van der Waals surface area (Å²) in [4.78, 5) is 3.80. The fraction of sp³-hybridized carbons (Fsp3) is 0.182. The van der Waals surface area contributed by atoms with Gasteiger partial charge in [0.25, 0.3) is 0 Å². The number of aromatic nitrogens is 2. The first-order chi connectivity index (χ1) is 8.16. The first-order valence-electron chi connectivity index (χ1n) is 4.85. The molecule has 0 amide bonds. The van der Waals surface area contributed by atoms with Crippen molar-refractivity contribution in [1.29, 1.82) is 0 Å². The van der Waals surface area contributed by atoms with E-state index in [0.29, 0.717) is 10.8 Å². The van der Waals surface area contributed by atoms with Gasteiger partial charge in [0, 0.05) is 17.4 Å². The molecule has 0 unspecified atom stereocenters. The second-order valence-electron chi connectivity index (χ2n) is 3.27. The molecule has 0 aliphatic carbocycles. The summed E-state index contributed by atoms with van der Waals surface area (Å²) in [7, 11) is 0. The number of hydrogen-bond acceptors (Lipinski definition) is 2. The molecule has 0 aliphatic heterocycles. The Morgan fingerprint density at radius 3 is 2.65 bits per heavy atom. The molecule has 0 atom stereocenters. The zero-order chi connectivity index (χ0) is 12.3. The zero-order valence-corrected chi connectivity index (χ0v) is 9.44. The first-order valence-corrected chi connectivity index (χ1v) is 5.23. The molecule has 0 aliphatic rings. The molecule has 3 nitrogen and oxygen atoms in total. The van der Waals surface area contributed by atoms with Gasteiger partial charge >= 0.3 is 6.55 Å². The maximum atomic E-state index is 12.5. The van der Waals surface area contributed by atoms with Gasteiger partial charge in [-0.1, -0.05) is 11.6 Å². The summed E-state index contributed by atoms with van der Waals surface area (Å²) in [5.74, 6) is 0.730. The van der Waals surface area contributed by atoms with Crippen LogP contribution in [-0.4, -0.2) is 9.55 Å². The van der Waals surface area contributed by atoms with E-state index in [1.807, 2.05) is 0 Å². The van der Waals surface area contributed by atoms with Gasteiger partial charge in [0.15, 0.2) is 5.82 Å². The second kappa shape index (κ2) is 5.14. The average molecular weight is 259 g/mol. The number of hydrogen-bond donors (Lipinski definition) is 0. The Labute approximate surface area is 102 Å². The van der Waals surface area contributed by atoms with Crippen LogP contribution in [0.15, 0.2) is 36.7 Å². The lowest BCUT2D eigenvalue weighted by atomic mass is 10.3. The highest BCUT2D eigenvalue weighted by atomic mass is 35.5. The zero-order valence-electron chi connectivity index (χ0n) is 8.69. The summed E-state index contributed by atoms with van der Waals surface area (Å²) >= 11 is 5.71. The van der Waals surface area contributed by atoms with E-state index < -0.39 is 6.55 Å². The van der Waals surface area contributed by atoms with Crippen molar-refractivity contribution < 1.29 is 13.5 Å². The van der Waals surface area contributed by atoms with Crippen molar-refractivity contribution >= 4 is 11.6 Å². The number of alkyl halides is 2. The molecule has 17 heavy (non-hydrogen) atoms. The third-order valence-electron chi connectivity index (χ3n) is 2.14. The molecule has 0 bridgehead atoms. The molecular weight excluding hydrogens is 250 g/mol. The van der Waals surface area contributed by atoms with Crippen molar-refractivity contribution in [3.05, 3.63) is 47.5 Å². The van der Waals surface area contributed by atoms with Crippen LogP contribution in [0.5, 0.6) is 5.75 Å². The Bertz CT molecular complexity index is 484. The summed E-state index contributed by atoms with van der Waals surface area (Å²) in [6.07, 6.45) is 2.53. The van der Waals surface area contributed by atoms with Crippen LogP contribution in [0.25, 0.3) is 0 Å². The molecule has 0 fully saturated rings. The minimum absolute atomic E-state index is 0.0149. The van der Waals surface area contributed by atoms with Gasteiger partial charge in [0.1, 0.15) is 12.4 Å². The Hall–Kier alpha value is -1.62. The third kappa shape index (κ3) is 2.94. The molecule has 0 saturated carbocycles. The van der Waals surface area contributed by atoms with Crippen LogP contribution < -0.4 is 4.74 Å². The lowest BCUT2D eigenvalue weighted by molar-refractivity contribution is 0.0632. The van der Waals surface area contributed by atoms with Gasteiger partial charge in [-0.15, -0.1) is 0 Å². The monoisotopic (exact) mass is 258 g/mol. The van der Waals surface area contributed by atoms with Gasteiger partial charge < -0.3 is 4.74 Å². The van der Waals surface area contributed by atoms with Crippen molar-refractivity contribution in [2.24, 2.45) is 0 Å². The molecule has 1 aromatic heterocycles. The van der Waals surface area contributed by atoms with E-state index in [-0.39, 0.29) is 12.4 Å². The summed E-state index contributed by atoms with van der Waals surface area (Å²) in [6.45, 7) is -2.62. The van der Waals surface area contributed by atoms with Crippen LogP contribution in [0.2, 0.25) is 5.02 Å². The molecule has 90 valence electrons. The number of ether oxygens (including phenoxy) is 1. The van der Waals surface area contributed by atoms with E-state index in [2.05, 4.69) is 4.98 Å². The molecule has 0 radical (unpaired) electrons. The minimum Gasteiger partial charge on any atom is -0.486 e. The first kappa shape index (κ1) is 11.9. The highest BCUT2D eigenvalue weighted by Crippen LogP contribution is 2.18. The second-order valence-corrected chi connectivity index (χ2v) is 3.71. The Balaban J connectivity index is 2.02. The van der Waals surface area contributed by atoms with Crippen LogP contribution in [0.4, 0.5) is 8.78 Å². The SMILES string of the molecule is FC(F)n1ccnc1COc1ccc(Cl)cc1. The fourth-order valence-electron chi connectivity index (χ4n) is 1.31. The van der Waals surface area contributed by atoms with Gasteiger partial charge in [-0.05, 0) is 24.3 Å². The predicted molar refractivity (Wildman–Crippen MR) is 59.3 cm³/mol. The molecule has 0 N–H and O–H groups in total. The largest absolute Gasteiger partial charge is 0.486 e. The molecule has 2 aromatic rings. The summed E-state index contributed by atoms with van der Waals surface area (Å²) in [5.41, 5.74) is 0. The smallest absolute Gasteiger partial charge is 0.320 e. The molecule has 2 rings (SSSR count). The summed E-state index contributed by atoms with van der Waals surface area (Å²) < 4.78 is 31.1. The van der Waals surface area contributed by atoms with Crippen molar-refractivity contribution in [3.63, 3.8) is 0 Å². The normalized spacial score (nSPS) is 10.8. The van der Waals surface area contributed by atoms with E-state index in [1.165, 1.54) is 12.4 Å². The van der Waals surface area contributed by atoms with Gasteiger partial charge in [-0.3, -0.25) is 4.57 Å². The van der Waals surface area contributed by atoms with E-state index >= 15 is 0 Å². The lowest BCUT2D eigenvalue weighted by Gasteiger charge is -2.08. The average Bonchev–Trinajstić information content (AvgIpc) is 2.76. The topological polar surface area (TPSA) is 27.1 Å². The van der Waals surface area contributed by atoms with Crippen LogP contribution in [-0.2, 0) is 6.61 Å². The van der Waals surface area contributed by atoms with Crippen LogP contribution in [0, 0.1) is 0 Å². The molecule has 0 spiro atoms. The maximum Gasteiger partial charge on any atom is 0.320 e. The van der Waals surface area contributed by atoms with Crippen LogP contribution in [0.1, 0.15) is 12.4 Å². The fourth-order valence-corrected chi connectivity index (χ4v) is 1.44. The molecular formula is C11H9ClF2N2O. The number of benzene rings is 1. The third-order valence-corrected chi connectivity index (χ3v) is 2.39. The van der Waals surface area contributed by atoms with Crippen LogP contribution in [0.3, 0.4) is 0 Å². The molecule has 1 aromatic carbocycles. The van der Waals surface area contributed by atoms with Gasteiger partial charge in [-0.2, -0.15) is 8.78 Å². The van der Waals surface area contributed by atoms with Crippen molar-refractivity contribution in [3.8, 4) is 5.75 Å². The Morgan fingerprint density at radius 2 is 2.00 bits per heavy atom. The standard InChI is InChI=1S/C11H9ClF2N2O/c12-8-1-3-9(4-2-8)17-7-10-15-5-6-16(10)11(13)14/h1-6,11H,7H2. The van der Waals surface area contributed by atoms with Crippen molar-refractivity contribution in [2.75, 3.05) is 0 Å². The van der Waals surface area contributed by atoms with E-state index in [1.54, 1.807) is 24.3 Å². The number of nitrogens with zero attached hydrogens (tertiary/aromatic N) is 2. The molecule has 6 heteroatoms. The number of imidazole rings is 1. The molecule has 1 heterocycles. The van der Waals surface area contributed by atoms with Gasteiger partial charge in [0.05, 0.1) is 0 Å². The van der Waals surface area contributed by atoms with Crippen molar-refractivity contribution in [1.82, 2.24) is 9.55 Å². The van der Waals surface area contributed by atoms with Crippen molar-refractivity contribution in [2.45, 2.75) is 13.2 Å².